The Morgan fingerprint density at radius 3 is 2.55 bits per heavy atom. The minimum atomic E-state index is -3.23. The third-order valence-electron chi connectivity index (χ3n) is 2.79. The number of nitrogens with two attached hydrogens (primary N) is 1. The van der Waals surface area contributed by atoms with E-state index in [1.807, 2.05) is 0 Å². The van der Waals surface area contributed by atoms with Crippen molar-refractivity contribution < 1.29 is 22.7 Å². The van der Waals surface area contributed by atoms with Gasteiger partial charge in [-0.05, 0) is 26.0 Å². The van der Waals surface area contributed by atoms with Crippen molar-refractivity contribution in [2.75, 3.05) is 25.2 Å². The largest absolute Gasteiger partial charge is 0.494 e. The van der Waals surface area contributed by atoms with Gasteiger partial charge in [0.1, 0.15) is 12.2 Å². The summed E-state index contributed by atoms with van der Waals surface area (Å²) in [5.41, 5.74) is 6.17. The monoisotopic (exact) mass is 301 g/mol. The summed E-state index contributed by atoms with van der Waals surface area (Å²) in [6.07, 6.45) is 0. The van der Waals surface area contributed by atoms with Crippen LogP contribution in [0.5, 0.6) is 5.75 Å². The lowest BCUT2D eigenvalue weighted by molar-refractivity contribution is 0.0525. The summed E-state index contributed by atoms with van der Waals surface area (Å²) in [7, 11) is -1.84. The molecule has 0 fully saturated rings. The molecule has 0 amide bonds. The van der Waals surface area contributed by atoms with Crippen molar-refractivity contribution in [1.82, 2.24) is 0 Å². The lowest BCUT2D eigenvalue weighted by Crippen LogP contribution is -2.22. The van der Waals surface area contributed by atoms with E-state index in [0.29, 0.717) is 5.69 Å². The Balaban J connectivity index is 2.72. The Morgan fingerprint density at radius 1 is 1.35 bits per heavy atom. The van der Waals surface area contributed by atoms with E-state index in [1.165, 1.54) is 13.2 Å². The van der Waals surface area contributed by atoms with Crippen LogP contribution in [-0.4, -0.2) is 39.1 Å². The van der Waals surface area contributed by atoms with E-state index < -0.39 is 21.1 Å². The number of sulfone groups is 1. The summed E-state index contributed by atoms with van der Waals surface area (Å²) < 4.78 is 33.2. The van der Waals surface area contributed by atoms with Crippen LogP contribution >= 0.6 is 0 Å². The fourth-order valence-electron chi connectivity index (χ4n) is 1.51. The van der Waals surface area contributed by atoms with Crippen molar-refractivity contribution in [3.8, 4) is 5.75 Å². The molecule has 20 heavy (non-hydrogen) atoms. The average molecular weight is 301 g/mol. The Bertz CT molecular complexity index is 580. The average Bonchev–Trinajstić information content (AvgIpc) is 2.37. The van der Waals surface area contributed by atoms with Gasteiger partial charge < -0.3 is 15.2 Å². The quantitative estimate of drug-likeness (QED) is 0.627. The van der Waals surface area contributed by atoms with Gasteiger partial charge in [0.05, 0.1) is 23.8 Å². The number of carbonyl (C=O) groups excluding carboxylic acids is 1. The number of anilines is 1. The Hall–Kier alpha value is -1.76. The molecule has 0 heterocycles. The lowest BCUT2D eigenvalue weighted by Gasteiger charge is -2.11. The standard InChI is InChI=1S/C13H19NO5S/c1-9(2)20(16,17)8-7-19-13(15)10-5-4-6-11(14)12(10)18-3/h4-6,9H,7-8,14H2,1-3H3. The van der Waals surface area contributed by atoms with Gasteiger partial charge in [0.25, 0.3) is 0 Å². The maximum atomic E-state index is 11.9. The number of ether oxygens (including phenoxy) is 2. The minimum absolute atomic E-state index is 0.175. The van der Waals surface area contributed by atoms with Crippen molar-refractivity contribution in [2.24, 2.45) is 0 Å². The first-order valence-electron chi connectivity index (χ1n) is 6.10. The van der Waals surface area contributed by atoms with Crippen LogP contribution in [0, 0.1) is 0 Å². The number of methoxy groups -OCH3 is 1. The van der Waals surface area contributed by atoms with E-state index >= 15 is 0 Å². The number of rotatable bonds is 6. The maximum Gasteiger partial charge on any atom is 0.342 e. The topological polar surface area (TPSA) is 95.7 Å². The molecule has 0 saturated heterocycles. The molecular weight excluding hydrogens is 282 g/mol. The maximum absolute atomic E-state index is 11.9. The second-order valence-electron chi connectivity index (χ2n) is 4.48. The Morgan fingerprint density at radius 2 is 2.00 bits per heavy atom. The molecule has 2 N–H and O–H groups in total. The molecule has 0 atom stereocenters. The molecular formula is C13H19NO5S. The third-order valence-corrected chi connectivity index (χ3v) is 4.96. The van der Waals surface area contributed by atoms with E-state index in [0.717, 1.165) is 0 Å². The summed E-state index contributed by atoms with van der Waals surface area (Å²) in [4.78, 5) is 11.9. The number of carbonyl (C=O) groups is 1. The fourth-order valence-corrected chi connectivity index (χ4v) is 2.29. The molecule has 7 heteroatoms. The minimum Gasteiger partial charge on any atom is -0.494 e. The molecule has 1 rings (SSSR count). The number of nitrogen functional groups attached to an aromatic ring is 1. The van der Waals surface area contributed by atoms with Gasteiger partial charge in [0, 0.05) is 0 Å². The first-order chi connectivity index (χ1) is 9.29. The SMILES string of the molecule is COc1c(N)cccc1C(=O)OCCS(=O)(=O)C(C)C. The molecule has 0 unspecified atom stereocenters. The van der Waals surface area contributed by atoms with E-state index in [2.05, 4.69) is 0 Å². The van der Waals surface area contributed by atoms with Gasteiger partial charge >= 0.3 is 5.97 Å². The summed E-state index contributed by atoms with van der Waals surface area (Å²) in [5.74, 6) is -0.640. The van der Waals surface area contributed by atoms with E-state index in [-0.39, 0.29) is 23.7 Å². The Labute approximate surface area is 118 Å². The smallest absolute Gasteiger partial charge is 0.342 e. The molecule has 0 aliphatic heterocycles. The molecule has 1 aromatic rings. The zero-order valence-electron chi connectivity index (χ0n) is 11.8. The van der Waals surface area contributed by atoms with Crippen LogP contribution in [0.25, 0.3) is 0 Å². The highest BCUT2D eigenvalue weighted by molar-refractivity contribution is 7.91. The first kappa shape index (κ1) is 16.3. The van der Waals surface area contributed by atoms with Crippen molar-refractivity contribution in [1.29, 1.82) is 0 Å². The highest BCUT2D eigenvalue weighted by Gasteiger charge is 2.19. The van der Waals surface area contributed by atoms with Crippen molar-refractivity contribution in [2.45, 2.75) is 19.1 Å². The van der Waals surface area contributed by atoms with Crippen LogP contribution in [0.2, 0.25) is 0 Å². The predicted molar refractivity (Wildman–Crippen MR) is 76.6 cm³/mol. The second-order valence-corrected chi connectivity index (χ2v) is 7.16. The van der Waals surface area contributed by atoms with E-state index in [4.69, 9.17) is 15.2 Å². The molecule has 1 aromatic carbocycles. The van der Waals surface area contributed by atoms with E-state index in [9.17, 15) is 13.2 Å². The van der Waals surface area contributed by atoms with Crippen LogP contribution in [0.4, 0.5) is 5.69 Å². The molecule has 0 radical (unpaired) electrons. The molecule has 0 saturated carbocycles. The Kier molecular flexibility index (Phi) is 5.38. The van der Waals surface area contributed by atoms with Crippen molar-refractivity contribution >= 4 is 21.5 Å². The van der Waals surface area contributed by atoms with Gasteiger partial charge in [-0.15, -0.1) is 0 Å². The molecule has 0 bridgehead atoms. The first-order valence-corrected chi connectivity index (χ1v) is 7.82. The van der Waals surface area contributed by atoms with Crippen LogP contribution in [0.15, 0.2) is 18.2 Å². The summed E-state index contributed by atoms with van der Waals surface area (Å²) in [5, 5.41) is -0.497. The van der Waals surface area contributed by atoms with Crippen LogP contribution < -0.4 is 10.5 Å². The van der Waals surface area contributed by atoms with Crippen LogP contribution in [0.1, 0.15) is 24.2 Å². The number of esters is 1. The zero-order valence-corrected chi connectivity index (χ0v) is 12.6. The molecule has 0 aromatic heterocycles. The molecule has 6 nitrogen and oxygen atoms in total. The van der Waals surface area contributed by atoms with Gasteiger partial charge in [-0.1, -0.05) is 6.07 Å². The summed E-state index contributed by atoms with van der Waals surface area (Å²) >= 11 is 0. The van der Waals surface area contributed by atoms with Gasteiger partial charge in [0.2, 0.25) is 0 Å². The molecule has 0 aliphatic rings. The number of benzene rings is 1. The van der Waals surface area contributed by atoms with Crippen LogP contribution in [-0.2, 0) is 14.6 Å². The van der Waals surface area contributed by atoms with Gasteiger partial charge in [-0.2, -0.15) is 0 Å². The lowest BCUT2D eigenvalue weighted by atomic mass is 10.2. The second kappa shape index (κ2) is 6.60. The number of para-hydroxylation sites is 1. The predicted octanol–water partition coefficient (Wildman–Crippen LogP) is 1.26. The fraction of sp³-hybridized carbons (Fsp3) is 0.462. The highest BCUT2D eigenvalue weighted by atomic mass is 32.2. The van der Waals surface area contributed by atoms with E-state index in [1.54, 1.807) is 26.0 Å². The van der Waals surface area contributed by atoms with Gasteiger partial charge in [0.15, 0.2) is 15.6 Å². The molecule has 0 spiro atoms. The highest BCUT2D eigenvalue weighted by Crippen LogP contribution is 2.26. The van der Waals surface area contributed by atoms with Crippen molar-refractivity contribution in [3.63, 3.8) is 0 Å². The van der Waals surface area contributed by atoms with Gasteiger partial charge in [-0.3, -0.25) is 0 Å². The normalized spacial score (nSPS) is 11.4. The number of hydrogen-bond donors (Lipinski definition) is 1. The zero-order chi connectivity index (χ0) is 15.3. The molecule has 0 aliphatic carbocycles. The van der Waals surface area contributed by atoms with Crippen molar-refractivity contribution in [3.05, 3.63) is 23.8 Å². The number of hydrogen-bond acceptors (Lipinski definition) is 6. The van der Waals surface area contributed by atoms with Gasteiger partial charge in [-0.25, -0.2) is 13.2 Å². The molecule has 112 valence electrons. The summed E-state index contributed by atoms with van der Waals surface area (Å²) in [6.45, 7) is 2.97. The summed E-state index contributed by atoms with van der Waals surface area (Å²) in [6, 6.07) is 4.70. The van der Waals surface area contributed by atoms with Crippen LogP contribution in [0.3, 0.4) is 0 Å². The third kappa shape index (κ3) is 3.86.